The predicted octanol–water partition coefficient (Wildman–Crippen LogP) is 4.76. The van der Waals surface area contributed by atoms with E-state index >= 15 is 0 Å². The molecule has 1 saturated heterocycles. The number of esters is 1. The van der Waals surface area contributed by atoms with Gasteiger partial charge in [0.2, 0.25) is 0 Å². The van der Waals surface area contributed by atoms with Crippen molar-refractivity contribution in [3.8, 4) is 0 Å². The Kier molecular flexibility index (Phi) is 5.76. The number of sulfonamides is 1. The molecule has 2 aliphatic heterocycles. The molecule has 158 valence electrons. The summed E-state index contributed by atoms with van der Waals surface area (Å²) in [5.74, 6) is 1.38. The standard InChI is InChI=1S/C22H22BrNO4S2/c1-3-20-22(9-11-29-12-10-22)18-14-16(23)7-8-19(18)24(20)30(26,27)17-6-4-5-15(13-17)21(25)28-2/h3-8,13-14,20H,1,9-12H2,2H3. The highest BCUT2D eigenvalue weighted by molar-refractivity contribution is 9.10. The number of methoxy groups -OCH3 is 1. The van der Waals surface area contributed by atoms with Crippen LogP contribution in [-0.2, 0) is 20.2 Å². The summed E-state index contributed by atoms with van der Waals surface area (Å²) >= 11 is 5.45. The number of thioether (sulfide) groups is 1. The number of ether oxygens (including phenoxy) is 1. The fourth-order valence-electron chi connectivity index (χ4n) is 4.55. The summed E-state index contributed by atoms with van der Waals surface area (Å²) in [6.07, 6.45) is 3.52. The number of halogens is 1. The second kappa shape index (κ2) is 8.05. The quantitative estimate of drug-likeness (QED) is 0.440. The van der Waals surface area contributed by atoms with Crippen molar-refractivity contribution in [1.82, 2.24) is 0 Å². The third-order valence-corrected chi connectivity index (χ3v) is 9.24. The first-order chi connectivity index (χ1) is 14.3. The maximum Gasteiger partial charge on any atom is 0.337 e. The van der Waals surface area contributed by atoms with Crippen LogP contribution in [0.2, 0.25) is 0 Å². The lowest BCUT2D eigenvalue weighted by molar-refractivity contribution is 0.0600. The van der Waals surface area contributed by atoms with E-state index in [-0.39, 0.29) is 15.9 Å². The Morgan fingerprint density at radius 3 is 2.67 bits per heavy atom. The van der Waals surface area contributed by atoms with E-state index < -0.39 is 22.0 Å². The smallest absolute Gasteiger partial charge is 0.337 e. The largest absolute Gasteiger partial charge is 0.465 e. The molecule has 1 fully saturated rings. The molecular formula is C22H22BrNO4S2. The van der Waals surface area contributed by atoms with E-state index in [4.69, 9.17) is 4.74 Å². The van der Waals surface area contributed by atoms with Crippen LogP contribution in [0, 0.1) is 0 Å². The highest BCUT2D eigenvalue weighted by Crippen LogP contribution is 2.54. The molecule has 1 spiro atoms. The predicted molar refractivity (Wildman–Crippen MR) is 124 cm³/mol. The van der Waals surface area contributed by atoms with E-state index in [1.807, 2.05) is 30.0 Å². The molecule has 2 aromatic rings. The summed E-state index contributed by atoms with van der Waals surface area (Å²) < 4.78 is 34.9. The first-order valence-electron chi connectivity index (χ1n) is 9.58. The molecule has 0 bridgehead atoms. The summed E-state index contributed by atoms with van der Waals surface area (Å²) in [5.41, 5.74) is 1.61. The molecule has 8 heteroatoms. The Morgan fingerprint density at radius 1 is 1.27 bits per heavy atom. The summed E-state index contributed by atoms with van der Waals surface area (Å²) in [6, 6.07) is 11.4. The third kappa shape index (κ3) is 3.29. The van der Waals surface area contributed by atoms with Gasteiger partial charge in [0.15, 0.2) is 0 Å². The van der Waals surface area contributed by atoms with Gasteiger partial charge in [0.1, 0.15) is 0 Å². The first kappa shape index (κ1) is 21.5. The van der Waals surface area contributed by atoms with Gasteiger partial charge in [-0.05, 0) is 66.3 Å². The SMILES string of the molecule is C=CC1N(S(=O)(=O)c2cccc(C(=O)OC)c2)c2ccc(Br)cc2C12CCSCC2. The Labute approximate surface area is 189 Å². The minimum Gasteiger partial charge on any atom is -0.465 e. The molecule has 1 unspecified atom stereocenters. The second-order valence-corrected chi connectivity index (χ2v) is 11.4. The molecule has 0 saturated carbocycles. The first-order valence-corrected chi connectivity index (χ1v) is 13.0. The molecule has 1 atom stereocenters. The van der Waals surface area contributed by atoms with E-state index in [2.05, 4.69) is 22.5 Å². The number of nitrogens with zero attached hydrogens (tertiary/aromatic N) is 1. The number of carbonyl (C=O) groups excluding carboxylic acids is 1. The van der Waals surface area contributed by atoms with Gasteiger partial charge in [0.25, 0.3) is 10.0 Å². The van der Waals surface area contributed by atoms with Crippen molar-refractivity contribution in [2.45, 2.75) is 29.2 Å². The molecule has 0 amide bonds. The molecular weight excluding hydrogens is 486 g/mol. The Hall–Kier alpha value is -1.77. The Bertz CT molecular complexity index is 1110. The van der Waals surface area contributed by atoms with Crippen LogP contribution in [0.5, 0.6) is 0 Å². The van der Waals surface area contributed by atoms with Crippen molar-refractivity contribution < 1.29 is 17.9 Å². The Balaban J connectivity index is 1.90. The van der Waals surface area contributed by atoms with Gasteiger partial charge in [-0.2, -0.15) is 11.8 Å². The molecule has 2 heterocycles. The second-order valence-electron chi connectivity index (χ2n) is 7.43. The van der Waals surface area contributed by atoms with Gasteiger partial charge in [-0.1, -0.05) is 28.1 Å². The maximum atomic E-state index is 13.8. The van der Waals surface area contributed by atoms with Crippen molar-refractivity contribution in [2.24, 2.45) is 0 Å². The normalized spacial score (nSPS) is 20.1. The molecule has 4 rings (SSSR count). The van der Waals surface area contributed by atoms with Crippen molar-refractivity contribution in [3.05, 3.63) is 70.7 Å². The van der Waals surface area contributed by atoms with Gasteiger partial charge < -0.3 is 4.74 Å². The molecule has 30 heavy (non-hydrogen) atoms. The van der Waals surface area contributed by atoms with Crippen molar-refractivity contribution in [2.75, 3.05) is 22.9 Å². The van der Waals surface area contributed by atoms with E-state index in [9.17, 15) is 13.2 Å². The molecule has 2 aliphatic rings. The summed E-state index contributed by atoms with van der Waals surface area (Å²) in [6.45, 7) is 4.02. The summed E-state index contributed by atoms with van der Waals surface area (Å²) in [7, 11) is -2.66. The van der Waals surface area contributed by atoms with Crippen LogP contribution in [0.4, 0.5) is 5.69 Å². The molecule has 0 N–H and O–H groups in total. The van der Waals surface area contributed by atoms with Gasteiger partial charge in [-0.25, -0.2) is 13.2 Å². The van der Waals surface area contributed by atoms with Gasteiger partial charge in [-0.15, -0.1) is 6.58 Å². The van der Waals surface area contributed by atoms with Gasteiger partial charge >= 0.3 is 5.97 Å². The number of benzene rings is 2. The van der Waals surface area contributed by atoms with E-state index in [1.165, 1.54) is 23.5 Å². The molecule has 0 aromatic heterocycles. The van der Waals surface area contributed by atoms with E-state index in [0.717, 1.165) is 34.4 Å². The van der Waals surface area contributed by atoms with Crippen LogP contribution < -0.4 is 4.31 Å². The van der Waals surface area contributed by atoms with Crippen LogP contribution in [0.1, 0.15) is 28.8 Å². The lowest BCUT2D eigenvalue weighted by atomic mass is 9.72. The van der Waals surface area contributed by atoms with Crippen LogP contribution in [0.3, 0.4) is 0 Å². The fourth-order valence-corrected chi connectivity index (χ4v) is 7.89. The lowest BCUT2D eigenvalue weighted by Crippen LogP contribution is -2.47. The molecule has 2 aromatic carbocycles. The van der Waals surface area contributed by atoms with Crippen LogP contribution in [0.25, 0.3) is 0 Å². The minimum atomic E-state index is -3.93. The fraction of sp³-hybridized carbons (Fsp3) is 0.318. The number of hydrogen-bond donors (Lipinski definition) is 0. The van der Waals surface area contributed by atoms with Gasteiger partial charge in [0.05, 0.1) is 29.3 Å². The average molecular weight is 508 g/mol. The minimum absolute atomic E-state index is 0.0633. The van der Waals surface area contributed by atoms with Crippen LogP contribution >= 0.6 is 27.7 Å². The zero-order valence-corrected chi connectivity index (χ0v) is 19.7. The number of anilines is 1. The average Bonchev–Trinajstić information content (AvgIpc) is 3.02. The summed E-state index contributed by atoms with van der Waals surface area (Å²) in [4.78, 5) is 12.0. The zero-order chi connectivity index (χ0) is 21.5. The zero-order valence-electron chi connectivity index (χ0n) is 16.5. The highest BCUT2D eigenvalue weighted by Gasteiger charge is 2.53. The number of fused-ring (bicyclic) bond motifs is 2. The van der Waals surface area contributed by atoms with Crippen molar-refractivity contribution >= 4 is 49.4 Å². The molecule has 0 radical (unpaired) electrons. The van der Waals surface area contributed by atoms with Crippen molar-refractivity contribution in [3.63, 3.8) is 0 Å². The maximum absolute atomic E-state index is 13.8. The van der Waals surface area contributed by atoms with Gasteiger partial charge in [-0.3, -0.25) is 4.31 Å². The topological polar surface area (TPSA) is 63.7 Å². The van der Waals surface area contributed by atoms with Crippen LogP contribution in [0.15, 0.2) is 64.5 Å². The number of hydrogen-bond acceptors (Lipinski definition) is 5. The lowest BCUT2D eigenvalue weighted by Gasteiger charge is -2.40. The van der Waals surface area contributed by atoms with Gasteiger partial charge in [0, 0.05) is 9.89 Å². The summed E-state index contributed by atoms with van der Waals surface area (Å²) in [5, 5.41) is 0. The Morgan fingerprint density at radius 2 is 2.00 bits per heavy atom. The highest BCUT2D eigenvalue weighted by atomic mass is 79.9. The monoisotopic (exact) mass is 507 g/mol. The number of carbonyl (C=O) groups is 1. The van der Waals surface area contributed by atoms with E-state index in [0.29, 0.717) is 5.69 Å². The molecule has 5 nitrogen and oxygen atoms in total. The van der Waals surface area contributed by atoms with Crippen molar-refractivity contribution in [1.29, 1.82) is 0 Å². The number of rotatable bonds is 4. The van der Waals surface area contributed by atoms with Crippen LogP contribution in [-0.4, -0.2) is 39.0 Å². The molecule has 0 aliphatic carbocycles. The third-order valence-electron chi connectivity index (χ3n) is 5.97. The van der Waals surface area contributed by atoms with E-state index in [1.54, 1.807) is 18.2 Å².